The van der Waals surface area contributed by atoms with Crippen molar-refractivity contribution in [3.63, 3.8) is 0 Å². The third kappa shape index (κ3) is 4.33. The number of aromatic nitrogens is 2. The summed E-state index contributed by atoms with van der Waals surface area (Å²) in [5, 5.41) is 4.32. The number of allylic oxidation sites excluding steroid dienone is 1. The van der Waals surface area contributed by atoms with Gasteiger partial charge in [0.05, 0.1) is 11.1 Å². The summed E-state index contributed by atoms with van der Waals surface area (Å²) in [6.07, 6.45) is 7.45. The SMILES string of the molecule is C=CCn1c(SCC(=O)NC2CCCCC2)nc2sc(C)cc2c1=O. The maximum absolute atomic E-state index is 12.7. The maximum Gasteiger partial charge on any atom is 0.263 e. The van der Waals surface area contributed by atoms with Gasteiger partial charge in [-0.25, -0.2) is 4.98 Å². The van der Waals surface area contributed by atoms with E-state index in [0.717, 1.165) is 22.5 Å². The van der Waals surface area contributed by atoms with Crippen molar-refractivity contribution in [2.75, 3.05) is 5.75 Å². The zero-order chi connectivity index (χ0) is 17.8. The lowest BCUT2D eigenvalue weighted by atomic mass is 9.95. The highest BCUT2D eigenvalue weighted by molar-refractivity contribution is 7.99. The molecule has 3 rings (SSSR count). The molecule has 1 aliphatic carbocycles. The predicted molar refractivity (Wildman–Crippen MR) is 105 cm³/mol. The van der Waals surface area contributed by atoms with E-state index in [2.05, 4.69) is 16.9 Å². The molecule has 134 valence electrons. The van der Waals surface area contributed by atoms with Crippen LogP contribution < -0.4 is 10.9 Å². The van der Waals surface area contributed by atoms with E-state index in [1.165, 1.54) is 42.4 Å². The Balaban J connectivity index is 1.75. The fourth-order valence-electron chi connectivity index (χ4n) is 3.16. The van der Waals surface area contributed by atoms with Gasteiger partial charge in [-0.05, 0) is 25.8 Å². The van der Waals surface area contributed by atoms with Gasteiger partial charge in [0.1, 0.15) is 4.83 Å². The largest absolute Gasteiger partial charge is 0.353 e. The number of carbonyl (C=O) groups is 1. The van der Waals surface area contributed by atoms with Crippen molar-refractivity contribution >= 4 is 39.2 Å². The second-order valence-electron chi connectivity index (χ2n) is 6.37. The van der Waals surface area contributed by atoms with Crippen molar-refractivity contribution in [1.82, 2.24) is 14.9 Å². The van der Waals surface area contributed by atoms with Crippen LogP contribution in [0.15, 0.2) is 28.7 Å². The number of nitrogens with zero attached hydrogens (tertiary/aromatic N) is 2. The smallest absolute Gasteiger partial charge is 0.263 e. The quantitative estimate of drug-likeness (QED) is 0.475. The van der Waals surface area contributed by atoms with E-state index >= 15 is 0 Å². The van der Waals surface area contributed by atoms with Crippen LogP contribution in [0.25, 0.3) is 10.2 Å². The van der Waals surface area contributed by atoms with E-state index in [4.69, 9.17) is 0 Å². The van der Waals surface area contributed by atoms with Gasteiger partial charge in [0.25, 0.3) is 5.56 Å². The molecule has 0 saturated heterocycles. The minimum absolute atomic E-state index is 0.0127. The van der Waals surface area contributed by atoms with Gasteiger partial charge in [0.15, 0.2) is 5.16 Å². The van der Waals surface area contributed by atoms with Crippen LogP contribution in [0.2, 0.25) is 0 Å². The van der Waals surface area contributed by atoms with Crippen LogP contribution in [0.1, 0.15) is 37.0 Å². The Morgan fingerprint density at radius 3 is 2.96 bits per heavy atom. The first kappa shape index (κ1) is 18.2. The number of thiophene rings is 1. The highest BCUT2D eigenvalue weighted by Gasteiger charge is 2.17. The molecule has 2 heterocycles. The molecular formula is C18H23N3O2S2. The average Bonchev–Trinajstić information content (AvgIpc) is 2.97. The monoisotopic (exact) mass is 377 g/mol. The van der Waals surface area contributed by atoms with Crippen molar-refractivity contribution in [1.29, 1.82) is 0 Å². The zero-order valence-electron chi connectivity index (χ0n) is 14.4. The van der Waals surface area contributed by atoms with Gasteiger partial charge in [0.2, 0.25) is 5.91 Å². The number of carbonyl (C=O) groups excluding carboxylic acids is 1. The van der Waals surface area contributed by atoms with Crippen LogP contribution in [0.4, 0.5) is 0 Å². The Hall–Kier alpha value is -1.60. The summed E-state index contributed by atoms with van der Waals surface area (Å²) >= 11 is 2.83. The molecule has 2 aromatic rings. The molecule has 0 bridgehead atoms. The van der Waals surface area contributed by atoms with Gasteiger partial charge in [0, 0.05) is 17.5 Å². The van der Waals surface area contributed by atoms with E-state index in [1.54, 1.807) is 10.6 Å². The summed E-state index contributed by atoms with van der Waals surface area (Å²) in [6.45, 7) is 6.08. The van der Waals surface area contributed by atoms with Gasteiger partial charge in [-0.1, -0.05) is 37.1 Å². The Kier molecular flexibility index (Phi) is 5.96. The highest BCUT2D eigenvalue weighted by atomic mass is 32.2. The molecule has 0 spiro atoms. The second kappa shape index (κ2) is 8.19. The molecule has 1 saturated carbocycles. The number of amides is 1. The van der Waals surface area contributed by atoms with Gasteiger partial charge in [-0.3, -0.25) is 14.2 Å². The van der Waals surface area contributed by atoms with Crippen molar-refractivity contribution < 1.29 is 4.79 Å². The van der Waals surface area contributed by atoms with Crippen molar-refractivity contribution in [2.24, 2.45) is 0 Å². The predicted octanol–water partition coefficient (Wildman–Crippen LogP) is 3.49. The van der Waals surface area contributed by atoms with Crippen LogP contribution in [0.3, 0.4) is 0 Å². The molecule has 1 N–H and O–H groups in total. The second-order valence-corrected chi connectivity index (χ2v) is 8.54. The molecular weight excluding hydrogens is 354 g/mol. The number of rotatable bonds is 6. The van der Waals surface area contributed by atoms with E-state index < -0.39 is 0 Å². The summed E-state index contributed by atoms with van der Waals surface area (Å²) in [6, 6.07) is 2.17. The molecule has 5 nitrogen and oxygen atoms in total. The lowest BCUT2D eigenvalue weighted by molar-refractivity contribution is -0.119. The van der Waals surface area contributed by atoms with Gasteiger partial charge < -0.3 is 5.32 Å². The number of thioether (sulfide) groups is 1. The molecule has 7 heteroatoms. The minimum atomic E-state index is -0.0653. The van der Waals surface area contributed by atoms with E-state index in [-0.39, 0.29) is 17.2 Å². The number of hydrogen-bond donors (Lipinski definition) is 1. The lowest BCUT2D eigenvalue weighted by Gasteiger charge is -2.22. The minimum Gasteiger partial charge on any atom is -0.353 e. The first-order valence-corrected chi connectivity index (χ1v) is 10.4. The Bertz CT molecular complexity index is 835. The van der Waals surface area contributed by atoms with E-state index in [1.807, 2.05) is 13.0 Å². The summed E-state index contributed by atoms with van der Waals surface area (Å²) in [5.41, 5.74) is -0.0653. The standard InChI is InChI=1S/C18H23N3O2S2/c1-3-9-21-17(23)14-10-12(2)25-16(14)20-18(21)24-11-15(22)19-13-7-5-4-6-8-13/h3,10,13H,1,4-9,11H2,2H3,(H,19,22). The van der Waals surface area contributed by atoms with Crippen LogP contribution in [-0.4, -0.2) is 27.3 Å². The van der Waals surface area contributed by atoms with Gasteiger partial charge >= 0.3 is 0 Å². The van der Waals surface area contributed by atoms with Crippen molar-refractivity contribution in [3.8, 4) is 0 Å². The summed E-state index contributed by atoms with van der Waals surface area (Å²) in [7, 11) is 0. The molecule has 0 aliphatic heterocycles. The molecule has 0 atom stereocenters. The van der Waals surface area contributed by atoms with Crippen LogP contribution in [0, 0.1) is 6.92 Å². The molecule has 1 amide bonds. The fraction of sp³-hybridized carbons (Fsp3) is 0.500. The van der Waals surface area contributed by atoms with Crippen LogP contribution >= 0.6 is 23.1 Å². The third-order valence-electron chi connectivity index (χ3n) is 4.35. The summed E-state index contributed by atoms with van der Waals surface area (Å²) < 4.78 is 1.60. The van der Waals surface area contributed by atoms with E-state index in [0.29, 0.717) is 23.1 Å². The Labute approximate surface area is 155 Å². The Morgan fingerprint density at radius 2 is 2.24 bits per heavy atom. The zero-order valence-corrected chi connectivity index (χ0v) is 16.0. The fourth-order valence-corrected chi connectivity index (χ4v) is 4.90. The van der Waals surface area contributed by atoms with Gasteiger partial charge in [-0.2, -0.15) is 0 Å². The third-order valence-corrected chi connectivity index (χ3v) is 6.27. The molecule has 25 heavy (non-hydrogen) atoms. The van der Waals surface area contributed by atoms with E-state index in [9.17, 15) is 9.59 Å². The molecule has 1 aliphatic rings. The summed E-state index contributed by atoms with van der Waals surface area (Å²) in [5.74, 6) is 0.286. The molecule has 0 radical (unpaired) electrons. The normalized spacial score (nSPS) is 15.4. The highest BCUT2D eigenvalue weighted by Crippen LogP contribution is 2.24. The average molecular weight is 378 g/mol. The number of fused-ring (bicyclic) bond motifs is 1. The first-order valence-electron chi connectivity index (χ1n) is 8.62. The topological polar surface area (TPSA) is 64.0 Å². The lowest BCUT2D eigenvalue weighted by Crippen LogP contribution is -2.37. The number of nitrogens with one attached hydrogen (secondary N) is 1. The van der Waals surface area contributed by atoms with Crippen LogP contribution in [0.5, 0.6) is 0 Å². The van der Waals surface area contributed by atoms with Gasteiger partial charge in [-0.15, -0.1) is 17.9 Å². The maximum atomic E-state index is 12.7. The summed E-state index contributed by atoms with van der Waals surface area (Å²) in [4.78, 5) is 31.3. The molecule has 0 unspecified atom stereocenters. The van der Waals surface area contributed by atoms with Crippen LogP contribution in [-0.2, 0) is 11.3 Å². The number of aryl methyl sites for hydroxylation is 1. The van der Waals surface area contributed by atoms with Crippen molar-refractivity contribution in [2.45, 2.75) is 56.8 Å². The first-order chi connectivity index (χ1) is 12.1. The molecule has 0 aromatic carbocycles. The number of hydrogen-bond acceptors (Lipinski definition) is 5. The Morgan fingerprint density at radius 1 is 1.48 bits per heavy atom. The van der Waals surface area contributed by atoms with Crippen molar-refractivity contribution in [3.05, 3.63) is 34.0 Å². The molecule has 2 aromatic heterocycles. The molecule has 1 fully saturated rings.